The fraction of sp³-hybridized carbons (Fsp3) is 0.393. The number of anilines is 1. The average Bonchev–Trinajstić information content (AvgIpc) is 3.43. The molecule has 0 amide bonds. The highest BCUT2D eigenvalue weighted by molar-refractivity contribution is 5.82. The number of esters is 1. The molecule has 4 aliphatic rings. The monoisotopic (exact) mass is 517 g/mol. The van der Waals surface area contributed by atoms with Crippen LogP contribution in [0.2, 0.25) is 0 Å². The SMILES string of the molecule is O=C1CNc2ccc(CN(CCn3c(=O)c4cccn4c4c(F)cccc43)C34CCC(CC3)OC4)nc2O1. The lowest BCUT2D eigenvalue weighted by Crippen LogP contribution is -2.59. The van der Waals surface area contributed by atoms with E-state index in [9.17, 15) is 14.0 Å². The van der Waals surface area contributed by atoms with Gasteiger partial charge in [0.1, 0.15) is 23.4 Å². The minimum atomic E-state index is -0.367. The van der Waals surface area contributed by atoms with E-state index in [0.717, 1.165) is 31.4 Å². The molecule has 2 bridgehead atoms. The fourth-order valence-corrected chi connectivity index (χ4v) is 6.29. The maximum absolute atomic E-state index is 15.0. The van der Waals surface area contributed by atoms with Crippen LogP contribution in [0.5, 0.6) is 5.88 Å². The zero-order valence-electron chi connectivity index (χ0n) is 20.9. The first-order valence-corrected chi connectivity index (χ1v) is 13.1. The Morgan fingerprint density at radius 1 is 1.11 bits per heavy atom. The van der Waals surface area contributed by atoms with Crippen LogP contribution in [0.1, 0.15) is 31.4 Å². The molecule has 0 atom stereocenters. The Morgan fingerprint density at radius 3 is 2.76 bits per heavy atom. The van der Waals surface area contributed by atoms with Crippen LogP contribution in [0.4, 0.5) is 10.1 Å². The fourth-order valence-electron chi connectivity index (χ4n) is 6.29. The van der Waals surface area contributed by atoms with Crippen molar-refractivity contribution in [1.29, 1.82) is 0 Å². The maximum atomic E-state index is 15.0. The summed E-state index contributed by atoms with van der Waals surface area (Å²) in [6.07, 6.45) is 6.04. The van der Waals surface area contributed by atoms with Crippen molar-refractivity contribution in [2.45, 2.75) is 50.4 Å². The molecule has 1 N–H and O–H groups in total. The highest BCUT2D eigenvalue weighted by Gasteiger charge is 2.45. The van der Waals surface area contributed by atoms with Crippen molar-refractivity contribution < 1.29 is 18.7 Å². The van der Waals surface area contributed by atoms with E-state index in [1.165, 1.54) is 6.07 Å². The molecule has 0 radical (unpaired) electrons. The van der Waals surface area contributed by atoms with Gasteiger partial charge >= 0.3 is 5.97 Å². The van der Waals surface area contributed by atoms with E-state index in [2.05, 4.69) is 15.2 Å². The summed E-state index contributed by atoms with van der Waals surface area (Å²) in [7, 11) is 0. The largest absolute Gasteiger partial charge is 0.404 e. The number of hydrogen-bond donors (Lipinski definition) is 1. The van der Waals surface area contributed by atoms with Crippen LogP contribution in [0.15, 0.2) is 53.5 Å². The summed E-state index contributed by atoms with van der Waals surface area (Å²) in [4.78, 5) is 32.3. The molecule has 9 nitrogen and oxygen atoms in total. The summed E-state index contributed by atoms with van der Waals surface area (Å²) < 4.78 is 29.8. The van der Waals surface area contributed by atoms with E-state index >= 15 is 0 Å². The molecule has 0 spiro atoms. The number of hydrogen-bond acceptors (Lipinski definition) is 7. The van der Waals surface area contributed by atoms with Crippen molar-refractivity contribution in [2.24, 2.45) is 0 Å². The van der Waals surface area contributed by atoms with Gasteiger partial charge in [-0.25, -0.2) is 14.2 Å². The first kappa shape index (κ1) is 23.4. The lowest BCUT2D eigenvalue weighted by atomic mass is 9.76. The Hall–Kier alpha value is -3.76. The van der Waals surface area contributed by atoms with Gasteiger partial charge in [-0.3, -0.25) is 9.69 Å². The van der Waals surface area contributed by atoms with Gasteiger partial charge in [-0.1, -0.05) is 6.07 Å². The number of carbonyl (C=O) groups is 1. The molecule has 1 saturated carbocycles. The number of fused-ring (bicyclic) bond motifs is 7. The van der Waals surface area contributed by atoms with Crippen molar-refractivity contribution in [1.82, 2.24) is 18.9 Å². The van der Waals surface area contributed by atoms with Crippen molar-refractivity contribution in [3.63, 3.8) is 0 Å². The molecule has 196 valence electrons. The van der Waals surface area contributed by atoms with Gasteiger partial charge in [-0.2, -0.15) is 0 Å². The highest BCUT2D eigenvalue weighted by Crippen LogP contribution is 2.41. The van der Waals surface area contributed by atoms with Crippen LogP contribution in [0.25, 0.3) is 16.6 Å². The van der Waals surface area contributed by atoms with Crippen LogP contribution in [-0.4, -0.2) is 56.2 Å². The van der Waals surface area contributed by atoms with Crippen molar-refractivity contribution in [3.8, 4) is 5.88 Å². The number of nitrogens with one attached hydrogen (secondary N) is 1. The minimum absolute atomic E-state index is 0.122. The molecule has 10 heteroatoms. The Kier molecular flexibility index (Phi) is 5.48. The molecule has 4 aromatic rings. The van der Waals surface area contributed by atoms with Gasteiger partial charge in [0, 0.05) is 31.4 Å². The van der Waals surface area contributed by atoms with E-state index < -0.39 is 0 Å². The summed E-state index contributed by atoms with van der Waals surface area (Å²) >= 11 is 0. The third-order valence-corrected chi connectivity index (χ3v) is 8.33. The number of carbonyl (C=O) groups excluding carboxylic acids is 1. The Labute approximate surface area is 217 Å². The van der Waals surface area contributed by atoms with Crippen molar-refractivity contribution >= 4 is 28.2 Å². The lowest BCUT2D eigenvalue weighted by Gasteiger charge is -2.52. The first-order chi connectivity index (χ1) is 18.5. The Morgan fingerprint density at radius 2 is 1.95 bits per heavy atom. The molecule has 3 aromatic heterocycles. The summed E-state index contributed by atoms with van der Waals surface area (Å²) in [6.45, 7) is 2.19. The lowest BCUT2D eigenvalue weighted by molar-refractivity contribution is -0.139. The number of pyridine rings is 1. The Bertz CT molecular complexity index is 1610. The second-order valence-corrected chi connectivity index (χ2v) is 10.5. The zero-order chi connectivity index (χ0) is 25.9. The summed E-state index contributed by atoms with van der Waals surface area (Å²) in [6, 6.07) is 12.2. The van der Waals surface area contributed by atoms with Crippen LogP contribution < -0.4 is 15.6 Å². The molecule has 6 heterocycles. The predicted molar refractivity (Wildman–Crippen MR) is 139 cm³/mol. The van der Waals surface area contributed by atoms with Gasteiger partial charge < -0.3 is 23.8 Å². The molecular formula is C28H28FN5O4. The van der Waals surface area contributed by atoms with Gasteiger partial charge in [0.05, 0.1) is 29.6 Å². The third-order valence-electron chi connectivity index (χ3n) is 8.33. The van der Waals surface area contributed by atoms with Gasteiger partial charge in [0.25, 0.3) is 5.56 Å². The van der Waals surface area contributed by atoms with Crippen LogP contribution in [0.3, 0.4) is 0 Å². The topological polar surface area (TPSA) is 90.1 Å². The van der Waals surface area contributed by atoms with Crippen LogP contribution in [0, 0.1) is 5.82 Å². The summed E-state index contributed by atoms with van der Waals surface area (Å²) in [5.41, 5.74) is 2.53. The molecule has 8 rings (SSSR count). The normalized spacial score (nSPS) is 22.6. The molecule has 2 saturated heterocycles. The number of benzene rings is 1. The van der Waals surface area contributed by atoms with Crippen molar-refractivity contribution in [2.75, 3.05) is 25.0 Å². The van der Waals surface area contributed by atoms with E-state index in [-0.39, 0.29) is 35.3 Å². The van der Waals surface area contributed by atoms with Crippen LogP contribution in [-0.2, 0) is 22.6 Å². The summed E-state index contributed by atoms with van der Waals surface area (Å²) in [5.74, 6) is -0.444. The van der Waals surface area contributed by atoms with Gasteiger partial charge in [-0.05, 0) is 62.1 Å². The number of para-hydroxylation sites is 1. The number of nitrogens with zero attached hydrogens (tertiary/aromatic N) is 4. The minimum Gasteiger partial charge on any atom is -0.404 e. The number of rotatable bonds is 6. The van der Waals surface area contributed by atoms with Crippen molar-refractivity contribution in [3.05, 3.63) is 70.5 Å². The third kappa shape index (κ3) is 3.78. The van der Waals surface area contributed by atoms with E-state index in [1.54, 1.807) is 39.4 Å². The molecule has 3 aliphatic heterocycles. The number of aromatic nitrogens is 3. The Balaban J connectivity index is 1.25. The van der Waals surface area contributed by atoms with E-state index in [1.807, 2.05) is 12.1 Å². The first-order valence-electron chi connectivity index (χ1n) is 13.1. The average molecular weight is 518 g/mol. The number of halogens is 1. The molecule has 38 heavy (non-hydrogen) atoms. The predicted octanol–water partition coefficient (Wildman–Crippen LogP) is 3.33. The smallest absolute Gasteiger partial charge is 0.332 e. The molecule has 3 fully saturated rings. The molecule has 1 aliphatic carbocycles. The van der Waals surface area contributed by atoms with Gasteiger partial charge in [0.15, 0.2) is 0 Å². The maximum Gasteiger partial charge on any atom is 0.332 e. The number of ether oxygens (including phenoxy) is 2. The zero-order valence-corrected chi connectivity index (χ0v) is 20.9. The summed E-state index contributed by atoms with van der Waals surface area (Å²) in [5, 5.41) is 3.03. The van der Waals surface area contributed by atoms with Gasteiger partial charge in [0.2, 0.25) is 5.88 Å². The highest BCUT2D eigenvalue weighted by atomic mass is 19.1. The van der Waals surface area contributed by atoms with Gasteiger partial charge in [-0.15, -0.1) is 0 Å². The molecular weight excluding hydrogens is 489 g/mol. The standard InChI is InChI=1S/C28H28FN5O4/c29-20-3-1-4-22-25(20)33-12-2-5-23(33)27(36)34(22)14-13-32(28-10-8-19(9-11-28)37-17-28)16-18-6-7-21-26(31-18)38-24(35)15-30-21/h1-7,12,19,30H,8-11,13-17H2. The van der Waals surface area contributed by atoms with E-state index in [4.69, 9.17) is 9.47 Å². The molecule has 1 aromatic carbocycles. The van der Waals surface area contributed by atoms with E-state index in [0.29, 0.717) is 54.6 Å². The van der Waals surface area contributed by atoms with Crippen LogP contribution >= 0.6 is 0 Å². The second-order valence-electron chi connectivity index (χ2n) is 10.5. The second kappa shape index (κ2) is 8.92. The molecule has 0 unspecified atom stereocenters. The quantitative estimate of drug-likeness (QED) is 0.393.